The zero-order valence-electron chi connectivity index (χ0n) is 11.5. The second-order valence-corrected chi connectivity index (χ2v) is 5.38. The maximum absolute atomic E-state index is 5.64. The summed E-state index contributed by atoms with van der Waals surface area (Å²) >= 11 is 0. The lowest BCUT2D eigenvalue weighted by molar-refractivity contribution is 0.284. The fourth-order valence-electron chi connectivity index (χ4n) is 2.62. The molecule has 2 heterocycles. The lowest BCUT2D eigenvalue weighted by Crippen LogP contribution is -2.37. The standard InChI is InChI=1S/C14H24N4/c1-17(2)11-12-6-8-18(9-7-12)14-5-3-4-13(10-15)16-14/h3-5,12H,6-11,15H2,1-2H3. The van der Waals surface area contributed by atoms with Gasteiger partial charge in [-0.3, -0.25) is 0 Å². The van der Waals surface area contributed by atoms with Crippen LogP contribution in [0.15, 0.2) is 18.2 Å². The number of rotatable bonds is 4. The molecule has 100 valence electrons. The number of nitrogens with two attached hydrogens (primary N) is 1. The van der Waals surface area contributed by atoms with Crippen LogP contribution >= 0.6 is 0 Å². The fraction of sp³-hybridized carbons (Fsp3) is 0.643. The molecule has 4 nitrogen and oxygen atoms in total. The summed E-state index contributed by atoms with van der Waals surface area (Å²) in [5.41, 5.74) is 6.61. The van der Waals surface area contributed by atoms with Crippen molar-refractivity contribution in [3.8, 4) is 0 Å². The van der Waals surface area contributed by atoms with E-state index in [0.29, 0.717) is 6.54 Å². The fourth-order valence-corrected chi connectivity index (χ4v) is 2.62. The summed E-state index contributed by atoms with van der Waals surface area (Å²) in [6.45, 7) is 3.94. The van der Waals surface area contributed by atoms with E-state index in [4.69, 9.17) is 5.73 Å². The zero-order valence-corrected chi connectivity index (χ0v) is 11.5. The molecular weight excluding hydrogens is 224 g/mol. The van der Waals surface area contributed by atoms with Gasteiger partial charge in [0.2, 0.25) is 0 Å². The molecule has 1 aromatic rings. The molecular formula is C14H24N4. The van der Waals surface area contributed by atoms with E-state index in [0.717, 1.165) is 30.5 Å². The summed E-state index contributed by atoms with van der Waals surface area (Å²) in [4.78, 5) is 9.26. The van der Waals surface area contributed by atoms with E-state index >= 15 is 0 Å². The molecule has 0 unspecified atom stereocenters. The van der Waals surface area contributed by atoms with Crippen molar-refractivity contribution in [3.63, 3.8) is 0 Å². The Morgan fingerprint density at radius 3 is 2.67 bits per heavy atom. The maximum atomic E-state index is 5.64. The van der Waals surface area contributed by atoms with Crippen molar-refractivity contribution in [1.29, 1.82) is 0 Å². The predicted molar refractivity (Wildman–Crippen MR) is 75.6 cm³/mol. The van der Waals surface area contributed by atoms with Gasteiger partial charge in [-0.15, -0.1) is 0 Å². The van der Waals surface area contributed by atoms with E-state index < -0.39 is 0 Å². The molecule has 1 aliphatic rings. The largest absolute Gasteiger partial charge is 0.357 e. The highest BCUT2D eigenvalue weighted by Crippen LogP contribution is 2.22. The van der Waals surface area contributed by atoms with Gasteiger partial charge < -0.3 is 15.5 Å². The van der Waals surface area contributed by atoms with Gasteiger partial charge in [-0.25, -0.2) is 4.98 Å². The van der Waals surface area contributed by atoms with E-state index in [-0.39, 0.29) is 0 Å². The van der Waals surface area contributed by atoms with Crippen molar-refractivity contribution < 1.29 is 0 Å². The molecule has 1 fully saturated rings. The van der Waals surface area contributed by atoms with Crippen molar-refractivity contribution in [2.75, 3.05) is 38.6 Å². The molecule has 1 aliphatic heterocycles. The predicted octanol–water partition coefficient (Wildman–Crippen LogP) is 1.32. The monoisotopic (exact) mass is 248 g/mol. The molecule has 0 amide bonds. The average Bonchev–Trinajstić information content (AvgIpc) is 2.39. The molecule has 0 radical (unpaired) electrons. The summed E-state index contributed by atoms with van der Waals surface area (Å²) < 4.78 is 0. The third kappa shape index (κ3) is 3.43. The van der Waals surface area contributed by atoms with Crippen molar-refractivity contribution in [3.05, 3.63) is 23.9 Å². The van der Waals surface area contributed by atoms with Gasteiger partial charge in [-0.05, 0) is 45.0 Å². The Labute approximate surface area is 110 Å². The van der Waals surface area contributed by atoms with Gasteiger partial charge in [0.1, 0.15) is 5.82 Å². The Balaban J connectivity index is 1.92. The SMILES string of the molecule is CN(C)CC1CCN(c2cccc(CN)n2)CC1. The van der Waals surface area contributed by atoms with E-state index in [1.807, 2.05) is 6.07 Å². The van der Waals surface area contributed by atoms with E-state index in [9.17, 15) is 0 Å². The molecule has 0 bridgehead atoms. The number of anilines is 1. The smallest absolute Gasteiger partial charge is 0.128 e. The first-order chi connectivity index (χ1) is 8.69. The van der Waals surface area contributed by atoms with Crippen LogP contribution < -0.4 is 10.6 Å². The van der Waals surface area contributed by atoms with Gasteiger partial charge in [0.15, 0.2) is 0 Å². The molecule has 1 aromatic heterocycles. The minimum absolute atomic E-state index is 0.519. The van der Waals surface area contributed by atoms with Crippen LogP contribution in [-0.2, 0) is 6.54 Å². The number of pyridine rings is 1. The number of piperidine rings is 1. The molecule has 0 aromatic carbocycles. The second kappa shape index (κ2) is 6.16. The Morgan fingerprint density at radius 2 is 2.06 bits per heavy atom. The molecule has 2 rings (SSSR count). The molecule has 0 saturated carbocycles. The van der Waals surface area contributed by atoms with Gasteiger partial charge in [0, 0.05) is 26.2 Å². The third-order valence-electron chi connectivity index (χ3n) is 3.56. The minimum atomic E-state index is 0.519. The van der Waals surface area contributed by atoms with Crippen LogP contribution in [0, 0.1) is 5.92 Å². The maximum Gasteiger partial charge on any atom is 0.128 e. The summed E-state index contributed by atoms with van der Waals surface area (Å²) in [5.74, 6) is 1.91. The van der Waals surface area contributed by atoms with Crippen molar-refractivity contribution in [2.24, 2.45) is 11.7 Å². The minimum Gasteiger partial charge on any atom is -0.357 e. The number of hydrogen-bond donors (Lipinski definition) is 1. The first-order valence-corrected chi connectivity index (χ1v) is 6.74. The lowest BCUT2D eigenvalue weighted by Gasteiger charge is -2.34. The van der Waals surface area contributed by atoms with Gasteiger partial charge >= 0.3 is 0 Å². The Kier molecular flexibility index (Phi) is 4.55. The van der Waals surface area contributed by atoms with Crippen LogP contribution in [-0.4, -0.2) is 43.6 Å². The molecule has 2 N–H and O–H groups in total. The summed E-state index contributed by atoms with van der Waals surface area (Å²) in [5, 5.41) is 0. The average molecular weight is 248 g/mol. The topological polar surface area (TPSA) is 45.4 Å². The summed E-state index contributed by atoms with van der Waals surface area (Å²) in [6, 6.07) is 6.13. The molecule has 0 atom stereocenters. The molecule has 0 spiro atoms. The Hall–Kier alpha value is -1.13. The van der Waals surface area contributed by atoms with Crippen molar-refractivity contribution >= 4 is 5.82 Å². The lowest BCUT2D eigenvalue weighted by atomic mass is 9.96. The molecule has 4 heteroatoms. The quantitative estimate of drug-likeness (QED) is 0.873. The molecule has 18 heavy (non-hydrogen) atoms. The van der Waals surface area contributed by atoms with Gasteiger partial charge in [-0.1, -0.05) is 6.07 Å². The summed E-state index contributed by atoms with van der Waals surface area (Å²) in [7, 11) is 4.30. The van der Waals surface area contributed by atoms with E-state index in [2.05, 4.69) is 41.0 Å². The molecule has 0 aliphatic carbocycles. The van der Waals surface area contributed by atoms with Gasteiger partial charge in [0.25, 0.3) is 0 Å². The summed E-state index contributed by atoms with van der Waals surface area (Å²) in [6.07, 6.45) is 2.51. The van der Waals surface area contributed by atoms with Crippen molar-refractivity contribution in [1.82, 2.24) is 9.88 Å². The highest BCUT2D eigenvalue weighted by Gasteiger charge is 2.20. The first-order valence-electron chi connectivity index (χ1n) is 6.74. The van der Waals surface area contributed by atoms with Crippen LogP contribution in [0.5, 0.6) is 0 Å². The van der Waals surface area contributed by atoms with E-state index in [1.54, 1.807) is 0 Å². The highest BCUT2D eigenvalue weighted by atomic mass is 15.2. The Bertz CT molecular complexity index is 370. The van der Waals surface area contributed by atoms with Gasteiger partial charge in [0.05, 0.1) is 5.69 Å². The number of hydrogen-bond acceptors (Lipinski definition) is 4. The highest BCUT2D eigenvalue weighted by molar-refractivity contribution is 5.39. The van der Waals surface area contributed by atoms with E-state index in [1.165, 1.54) is 19.4 Å². The van der Waals surface area contributed by atoms with Gasteiger partial charge in [-0.2, -0.15) is 0 Å². The number of aromatic nitrogens is 1. The Morgan fingerprint density at radius 1 is 1.33 bits per heavy atom. The first kappa shape index (κ1) is 13.3. The van der Waals surface area contributed by atoms with Crippen LogP contribution in [0.2, 0.25) is 0 Å². The van der Waals surface area contributed by atoms with Crippen LogP contribution in [0.1, 0.15) is 18.5 Å². The van der Waals surface area contributed by atoms with Crippen LogP contribution in [0.25, 0.3) is 0 Å². The van der Waals surface area contributed by atoms with Crippen LogP contribution in [0.4, 0.5) is 5.82 Å². The number of nitrogens with zero attached hydrogens (tertiary/aromatic N) is 3. The second-order valence-electron chi connectivity index (χ2n) is 5.38. The van der Waals surface area contributed by atoms with Crippen LogP contribution in [0.3, 0.4) is 0 Å². The van der Waals surface area contributed by atoms with Crippen molar-refractivity contribution in [2.45, 2.75) is 19.4 Å². The normalized spacial score (nSPS) is 17.4. The third-order valence-corrected chi connectivity index (χ3v) is 3.56. The molecule has 1 saturated heterocycles. The zero-order chi connectivity index (χ0) is 13.0.